The first-order chi connectivity index (χ1) is 13.5. The van der Waals surface area contributed by atoms with Gasteiger partial charge in [0.1, 0.15) is 11.9 Å². The molecule has 2 fully saturated rings. The number of para-hydroxylation sites is 1. The fourth-order valence-electron chi connectivity index (χ4n) is 3.70. The Kier molecular flexibility index (Phi) is 6.51. The van der Waals surface area contributed by atoms with Crippen molar-refractivity contribution >= 4 is 17.8 Å². The van der Waals surface area contributed by atoms with Crippen LogP contribution in [0.5, 0.6) is 5.75 Å². The van der Waals surface area contributed by atoms with E-state index in [0.29, 0.717) is 44.5 Å². The third-order valence-corrected chi connectivity index (χ3v) is 5.32. The van der Waals surface area contributed by atoms with Crippen molar-refractivity contribution in [3.8, 4) is 5.75 Å². The van der Waals surface area contributed by atoms with Crippen molar-refractivity contribution in [1.29, 1.82) is 0 Å². The minimum Gasteiger partial charge on any atom is -0.496 e. The number of nitrogens with zero attached hydrogens (tertiary/aromatic N) is 1. The number of carboxylic acid groups (broad SMARTS) is 1. The SMILES string of the molecule is COc1ccccc1CC(=O)N1CCC(NC(=O)[C@@H]2CC[C@H](C(=O)O)O2)CC1. The number of nitrogens with one attached hydrogen (secondary N) is 1. The first-order valence-electron chi connectivity index (χ1n) is 9.56. The fourth-order valence-corrected chi connectivity index (χ4v) is 3.70. The molecule has 28 heavy (non-hydrogen) atoms. The lowest BCUT2D eigenvalue weighted by Crippen LogP contribution is -2.49. The number of amides is 2. The van der Waals surface area contributed by atoms with Crippen molar-refractivity contribution in [1.82, 2.24) is 10.2 Å². The zero-order chi connectivity index (χ0) is 20.1. The topological polar surface area (TPSA) is 105 Å². The average Bonchev–Trinajstić information content (AvgIpc) is 3.20. The van der Waals surface area contributed by atoms with Crippen LogP contribution in [0.3, 0.4) is 0 Å². The third kappa shape index (κ3) is 4.81. The maximum Gasteiger partial charge on any atom is 0.332 e. The van der Waals surface area contributed by atoms with E-state index in [-0.39, 0.29) is 24.3 Å². The molecule has 1 aromatic carbocycles. The van der Waals surface area contributed by atoms with E-state index in [1.54, 1.807) is 7.11 Å². The molecule has 0 bridgehead atoms. The van der Waals surface area contributed by atoms with Gasteiger partial charge in [0.15, 0.2) is 6.10 Å². The van der Waals surface area contributed by atoms with Gasteiger partial charge in [-0.25, -0.2) is 4.79 Å². The van der Waals surface area contributed by atoms with Crippen molar-refractivity contribution in [3.05, 3.63) is 29.8 Å². The molecule has 0 spiro atoms. The first kappa shape index (κ1) is 20.1. The molecule has 8 heteroatoms. The molecule has 8 nitrogen and oxygen atoms in total. The highest BCUT2D eigenvalue weighted by atomic mass is 16.5. The van der Waals surface area contributed by atoms with E-state index < -0.39 is 18.2 Å². The minimum absolute atomic E-state index is 0.0321. The summed E-state index contributed by atoms with van der Waals surface area (Å²) >= 11 is 0. The second-order valence-corrected chi connectivity index (χ2v) is 7.18. The summed E-state index contributed by atoms with van der Waals surface area (Å²) < 4.78 is 10.6. The second kappa shape index (κ2) is 9.05. The zero-order valence-electron chi connectivity index (χ0n) is 15.9. The number of likely N-dealkylation sites (tertiary alicyclic amines) is 1. The number of methoxy groups -OCH3 is 1. The Morgan fingerprint density at radius 2 is 1.82 bits per heavy atom. The molecule has 152 valence electrons. The molecule has 0 aromatic heterocycles. The van der Waals surface area contributed by atoms with Gasteiger partial charge in [-0.1, -0.05) is 18.2 Å². The lowest BCUT2D eigenvalue weighted by atomic mass is 10.0. The van der Waals surface area contributed by atoms with Gasteiger partial charge >= 0.3 is 5.97 Å². The standard InChI is InChI=1S/C20H26N2O6/c1-27-15-5-3-2-4-13(15)12-18(23)22-10-8-14(9-11-22)21-19(24)16-6-7-17(28-16)20(25)26/h2-5,14,16-17H,6-12H2,1H3,(H,21,24)(H,25,26)/t16-,17+/m0/s1. The Hall–Kier alpha value is -2.61. The molecular formula is C20H26N2O6. The summed E-state index contributed by atoms with van der Waals surface area (Å²) in [5, 5.41) is 11.9. The molecule has 2 aliphatic rings. The number of piperidine rings is 1. The molecule has 0 saturated carbocycles. The van der Waals surface area contributed by atoms with Crippen LogP contribution in [0.15, 0.2) is 24.3 Å². The van der Waals surface area contributed by atoms with E-state index in [0.717, 1.165) is 5.56 Å². The van der Waals surface area contributed by atoms with Crippen molar-refractivity contribution in [2.45, 2.75) is 50.4 Å². The number of hydrogen-bond donors (Lipinski definition) is 2. The van der Waals surface area contributed by atoms with Crippen molar-refractivity contribution < 1.29 is 29.0 Å². The highest BCUT2D eigenvalue weighted by Gasteiger charge is 2.35. The Morgan fingerprint density at radius 3 is 2.46 bits per heavy atom. The van der Waals surface area contributed by atoms with Crippen LogP contribution >= 0.6 is 0 Å². The summed E-state index contributed by atoms with van der Waals surface area (Å²) in [4.78, 5) is 37.6. The van der Waals surface area contributed by atoms with E-state index in [1.165, 1.54) is 0 Å². The Labute approximate surface area is 163 Å². The molecule has 2 atom stereocenters. The monoisotopic (exact) mass is 390 g/mol. The molecule has 1 aromatic rings. The summed E-state index contributed by atoms with van der Waals surface area (Å²) in [5.74, 6) is -0.549. The molecule has 0 aliphatic carbocycles. The second-order valence-electron chi connectivity index (χ2n) is 7.18. The number of carbonyl (C=O) groups excluding carboxylic acids is 2. The molecule has 2 saturated heterocycles. The van der Waals surface area contributed by atoms with Crippen LogP contribution in [-0.2, 0) is 25.5 Å². The number of rotatable bonds is 6. The molecule has 2 amide bonds. The molecule has 0 radical (unpaired) electrons. The number of ether oxygens (including phenoxy) is 2. The first-order valence-corrected chi connectivity index (χ1v) is 9.56. The van der Waals surface area contributed by atoms with Gasteiger partial charge in [0.05, 0.1) is 13.5 Å². The summed E-state index contributed by atoms with van der Waals surface area (Å²) in [7, 11) is 1.59. The van der Waals surface area contributed by atoms with Gasteiger partial charge in [0.25, 0.3) is 0 Å². The summed E-state index contributed by atoms with van der Waals surface area (Å²) in [5.41, 5.74) is 0.858. The summed E-state index contributed by atoms with van der Waals surface area (Å²) in [6, 6.07) is 7.44. The predicted molar refractivity (Wildman–Crippen MR) is 100.0 cm³/mol. The number of aliphatic carboxylic acids is 1. The zero-order valence-corrected chi connectivity index (χ0v) is 15.9. The molecule has 3 rings (SSSR count). The Bertz CT molecular complexity index is 729. The molecule has 2 aliphatic heterocycles. The number of hydrogen-bond acceptors (Lipinski definition) is 5. The number of carboxylic acids is 1. The maximum absolute atomic E-state index is 12.6. The van der Waals surface area contributed by atoms with Crippen LogP contribution in [0.1, 0.15) is 31.2 Å². The van der Waals surface area contributed by atoms with Crippen molar-refractivity contribution in [3.63, 3.8) is 0 Å². The van der Waals surface area contributed by atoms with Gasteiger partial charge in [-0.3, -0.25) is 9.59 Å². The predicted octanol–water partition coefficient (Wildman–Crippen LogP) is 0.977. The van der Waals surface area contributed by atoms with Crippen LogP contribution in [0.25, 0.3) is 0 Å². The Morgan fingerprint density at radius 1 is 1.14 bits per heavy atom. The van der Waals surface area contributed by atoms with E-state index in [4.69, 9.17) is 14.6 Å². The van der Waals surface area contributed by atoms with Gasteiger partial charge in [-0.15, -0.1) is 0 Å². The smallest absolute Gasteiger partial charge is 0.332 e. The largest absolute Gasteiger partial charge is 0.496 e. The minimum atomic E-state index is -1.03. The van der Waals surface area contributed by atoms with Crippen LogP contribution < -0.4 is 10.1 Å². The van der Waals surface area contributed by atoms with E-state index >= 15 is 0 Å². The van der Waals surface area contributed by atoms with Crippen LogP contribution in [0, 0.1) is 0 Å². The lowest BCUT2D eigenvalue weighted by molar-refractivity contribution is -0.152. The third-order valence-electron chi connectivity index (χ3n) is 5.32. The highest BCUT2D eigenvalue weighted by molar-refractivity contribution is 5.83. The van der Waals surface area contributed by atoms with E-state index in [1.807, 2.05) is 29.2 Å². The Balaban J connectivity index is 1.45. The van der Waals surface area contributed by atoms with Gasteiger partial charge < -0.3 is 24.8 Å². The highest BCUT2D eigenvalue weighted by Crippen LogP contribution is 2.22. The quantitative estimate of drug-likeness (QED) is 0.750. The fraction of sp³-hybridized carbons (Fsp3) is 0.550. The molecule has 2 heterocycles. The van der Waals surface area contributed by atoms with E-state index in [2.05, 4.69) is 5.32 Å². The maximum atomic E-state index is 12.6. The summed E-state index contributed by atoms with van der Waals surface area (Å²) in [6.45, 7) is 1.14. The van der Waals surface area contributed by atoms with Gasteiger partial charge in [0.2, 0.25) is 11.8 Å². The normalized spacial score (nSPS) is 22.7. The average molecular weight is 390 g/mol. The van der Waals surface area contributed by atoms with Crippen molar-refractivity contribution in [2.75, 3.05) is 20.2 Å². The van der Waals surface area contributed by atoms with E-state index in [9.17, 15) is 14.4 Å². The molecule has 2 N–H and O–H groups in total. The number of benzene rings is 1. The lowest BCUT2D eigenvalue weighted by Gasteiger charge is -2.33. The van der Waals surface area contributed by atoms with Crippen LogP contribution in [0.2, 0.25) is 0 Å². The van der Waals surface area contributed by atoms with Crippen molar-refractivity contribution in [2.24, 2.45) is 0 Å². The molecular weight excluding hydrogens is 364 g/mol. The van der Waals surface area contributed by atoms with Gasteiger partial charge in [-0.05, 0) is 31.7 Å². The number of carbonyl (C=O) groups is 3. The van der Waals surface area contributed by atoms with Crippen LogP contribution in [0.4, 0.5) is 0 Å². The molecule has 0 unspecified atom stereocenters. The summed E-state index contributed by atoms with van der Waals surface area (Å²) in [6.07, 6.45) is 0.781. The van der Waals surface area contributed by atoms with Gasteiger partial charge in [0, 0.05) is 24.7 Å². The van der Waals surface area contributed by atoms with Crippen LogP contribution in [-0.4, -0.2) is 66.2 Å². The van der Waals surface area contributed by atoms with Gasteiger partial charge in [-0.2, -0.15) is 0 Å².